The van der Waals surface area contributed by atoms with Crippen LogP contribution in [0.25, 0.3) is 0 Å². The summed E-state index contributed by atoms with van der Waals surface area (Å²) in [6.45, 7) is 15.1. The average Bonchev–Trinajstić information content (AvgIpc) is 3.40. The zero-order valence-corrected chi connectivity index (χ0v) is 26.8. The van der Waals surface area contributed by atoms with E-state index in [0.717, 1.165) is 18.7 Å². The van der Waals surface area contributed by atoms with Crippen LogP contribution in [0.5, 0.6) is 5.88 Å². The maximum Gasteiger partial charge on any atom is 0.347 e. The Morgan fingerprint density at radius 3 is 1.88 bits per heavy atom. The van der Waals surface area contributed by atoms with Gasteiger partial charge < -0.3 is 38.2 Å². The molecule has 15 nitrogen and oxygen atoms in total. The molecule has 0 aromatic carbocycles. The first-order chi connectivity index (χ1) is 20.1. The summed E-state index contributed by atoms with van der Waals surface area (Å²) in [4.78, 5) is 64.8. The molecule has 1 aromatic heterocycles. The van der Waals surface area contributed by atoms with Crippen LogP contribution in [-0.4, -0.2) is 113 Å². The van der Waals surface area contributed by atoms with Crippen LogP contribution >= 0.6 is 11.7 Å². The standard InChI is InChI=1S/C27H42N4O11S/c1-16(40-25(35)18(3)42-26(36)19(4)41-24(34)17(2)39-20(5)32)23(33)31(27(6,7)8)10-9-13-38-22-21(28-43-29-22)30-11-14-37-15-12-30/h16-19H,9-15H2,1-8H3/t16-,17-,18-,19-/m0/s1. The van der Waals surface area contributed by atoms with E-state index >= 15 is 0 Å². The molecule has 43 heavy (non-hydrogen) atoms. The van der Waals surface area contributed by atoms with E-state index in [1.54, 1.807) is 4.90 Å². The van der Waals surface area contributed by atoms with Gasteiger partial charge >= 0.3 is 23.9 Å². The van der Waals surface area contributed by atoms with Gasteiger partial charge in [0.2, 0.25) is 5.82 Å². The van der Waals surface area contributed by atoms with E-state index in [2.05, 4.69) is 13.6 Å². The van der Waals surface area contributed by atoms with Gasteiger partial charge in [-0.05, 0) is 54.9 Å². The van der Waals surface area contributed by atoms with Crippen LogP contribution in [0.1, 0.15) is 61.8 Å². The minimum atomic E-state index is -1.39. The van der Waals surface area contributed by atoms with Gasteiger partial charge in [-0.3, -0.25) is 9.59 Å². The van der Waals surface area contributed by atoms with Gasteiger partial charge in [-0.15, -0.1) is 4.37 Å². The van der Waals surface area contributed by atoms with Gasteiger partial charge in [-0.2, -0.15) is 4.37 Å². The molecule has 2 heterocycles. The van der Waals surface area contributed by atoms with Crippen molar-refractivity contribution in [1.82, 2.24) is 13.6 Å². The zero-order chi connectivity index (χ0) is 32.3. The number of nitrogens with zero attached hydrogens (tertiary/aromatic N) is 4. The quantitative estimate of drug-likeness (QED) is 0.164. The first-order valence-corrected chi connectivity index (χ1v) is 14.7. The number of rotatable bonds is 14. The number of carbonyl (C=O) groups is 5. The summed E-state index contributed by atoms with van der Waals surface area (Å²) in [7, 11) is 0. The summed E-state index contributed by atoms with van der Waals surface area (Å²) in [5.74, 6) is -2.94. The van der Waals surface area contributed by atoms with Gasteiger partial charge in [0.1, 0.15) is 0 Å². The third-order valence-corrected chi connectivity index (χ3v) is 6.66. The zero-order valence-electron chi connectivity index (χ0n) is 25.9. The first-order valence-electron chi connectivity index (χ1n) is 14.0. The molecule has 1 saturated heterocycles. The van der Waals surface area contributed by atoms with Crippen LogP contribution in [0.15, 0.2) is 0 Å². The molecule has 0 saturated carbocycles. The lowest BCUT2D eigenvalue weighted by Crippen LogP contribution is -2.51. The van der Waals surface area contributed by atoms with Crippen molar-refractivity contribution in [2.24, 2.45) is 0 Å². The summed E-state index contributed by atoms with van der Waals surface area (Å²) in [5.41, 5.74) is -0.598. The highest BCUT2D eigenvalue weighted by molar-refractivity contribution is 6.99. The molecule has 1 aliphatic rings. The van der Waals surface area contributed by atoms with E-state index in [9.17, 15) is 24.0 Å². The minimum absolute atomic E-state index is 0.284. The Labute approximate surface area is 255 Å². The maximum absolute atomic E-state index is 13.3. The molecule has 16 heteroatoms. The molecule has 0 unspecified atom stereocenters. The highest BCUT2D eigenvalue weighted by atomic mass is 32.1. The molecular weight excluding hydrogens is 588 g/mol. The molecule has 4 atom stereocenters. The Balaban J connectivity index is 1.86. The highest BCUT2D eigenvalue weighted by Gasteiger charge is 2.34. The van der Waals surface area contributed by atoms with Gasteiger partial charge in [-0.1, -0.05) is 0 Å². The number of hydrogen-bond donors (Lipinski definition) is 0. The molecule has 0 bridgehead atoms. The minimum Gasteiger partial charge on any atom is -0.474 e. The summed E-state index contributed by atoms with van der Waals surface area (Å²) in [6, 6.07) is 0. The Kier molecular flexibility index (Phi) is 13.6. The Morgan fingerprint density at radius 2 is 1.37 bits per heavy atom. The second-order valence-electron chi connectivity index (χ2n) is 10.8. The van der Waals surface area contributed by atoms with Crippen LogP contribution in [0.2, 0.25) is 0 Å². The monoisotopic (exact) mass is 630 g/mol. The van der Waals surface area contributed by atoms with Gasteiger partial charge in [0.05, 0.1) is 31.5 Å². The number of hydrogen-bond acceptors (Lipinski definition) is 15. The summed E-state index contributed by atoms with van der Waals surface area (Å²) < 4.78 is 39.8. The van der Waals surface area contributed by atoms with Gasteiger partial charge in [0.25, 0.3) is 11.8 Å². The largest absolute Gasteiger partial charge is 0.474 e. The lowest BCUT2D eigenvalue weighted by atomic mass is 10.0. The van der Waals surface area contributed by atoms with E-state index in [1.807, 2.05) is 20.8 Å². The van der Waals surface area contributed by atoms with Crippen LogP contribution in [0.4, 0.5) is 5.82 Å². The maximum atomic E-state index is 13.3. The Hall–Kier alpha value is -3.53. The van der Waals surface area contributed by atoms with Crippen LogP contribution in [0.3, 0.4) is 0 Å². The predicted octanol–water partition coefficient (Wildman–Crippen LogP) is 1.52. The smallest absolute Gasteiger partial charge is 0.347 e. The summed E-state index contributed by atoms with van der Waals surface area (Å²) in [6.07, 6.45) is -4.70. The predicted molar refractivity (Wildman–Crippen MR) is 152 cm³/mol. The molecule has 1 aliphatic heterocycles. The number of esters is 4. The second-order valence-corrected chi connectivity index (χ2v) is 11.4. The van der Waals surface area contributed by atoms with Crippen LogP contribution in [-0.2, 0) is 47.7 Å². The van der Waals surface area contributed by atoms with Gasteiger partial charge in [0.15, 0.2) is 24.4 Å². The van der Waals surface area contributed by atoms with E-state index in [4.69, 9.17) is 28.4 Å². The Morgan fingerprint density at radius 1 is 0.860 bits per heavy atom. The number of ether oxygens (including phenoxy) is 6. The summed E-state index contributed by atoms with van der Waals surface area (Å²) in [5, 5.41) is 0. The van der Waals surface area contributed by atoms with Gasteiger partial charge in [0, 0.05) is 32.1 Å². The number of morpholine rings is 1. The molecule has 0 spiro atoms. The normalized spacial score (nSPS) is 16.2. The molecule has 0 radical (unpaired) electrons. The molecule has 242 valence electrons. The number of carbonyl (C=O) groups excluding carboxylic acids is 5. The van der Waals surface area contributed by atoms with Crippen molar-refractivity contribution in [3.05, 3.63) is 0 Å². The van der Waals surface area contributed by atoms with E-state index in [0.29, 0.717) is 51.0 Å². The van der Waals surface area contributed by atoms with Crippen molar-refractivity contribution >= 4 is 47.3 Å². The number of anilines is 1. The summed E-state index contributed by atoms with van der Waals surface area (Å²) >= 11 is 1.07. The number of amides is 1. The third-order valence-electron chi connectivity index (χ3n) is 6.16. The van der Waals surface area contributed by atoms with E-state index in [1.165, 1.54) is 27.7 Å². The molecule has 0 aliphatic carbocycles. The molecule has 1 aromatic rings. The fraction of sp³-hybridized carbons (Fsp3) is 0.741. The van der Waals surface area contributed by atoms with Crippen LogP contribution in [0, 0.1) is 0 Å². The lowest BCUT2D eigenvalue weighted by Gasteiger charge is -2.37. The van der Waals surface area contributed by atoms with Crippen molar-refractivity contribution in [3.63, 3.8) is 0 Å². The van der Waals surface area contributed by atoms with Crippen molar-refractivity contribution in [2.45, 2.75) is 91.8 Å². The first kappa shape index (κ1) is 35.7. The van der Waals surface area contributed by atoms with Crippen LogP contribution < -0.4 is 9.64 Å². The molecule has 0 N–H and O–H groups in total. The van der Waals surface area contributed by atoms with E-state index < -0.39 is 59.7 Å². The Bertz CT molecular complexity index is 1120. The van der Waals surface area contributed by atoms with E-state index in [-0.39, 0.29) is 6.61 Å². The number of aromatic nitrogens is 2. The second kappa shape index (κ2) is 16.4. The van der Waals surface area contributed by atoms with Crippen molar-refractivity contribution in [2.75, 3.05) is 44.4 Å². The SMILES string of the molecule is CC(=O)O[C@@H](C)C(=O)O[C@@H](C)C(=O)O[C@@H](C)C(=O)O[C@@H](C)C(=O)N(CCCOc1nsnc1N1CCOCC1)C(C)(C)C. The molecule has 1 amide bonds. The average molecular weight is 631 g/mol. The topological polar surface area (TPSA) is 173 Å². The fourth-order valence-corrected chi connectivity index (χ4v) is 4.40. The lowest BCUT2D eigenvalue weighted by molar-refractivity contribution is -0.184. The highest BCUT2D eigenvalue weighted by Crippen LogP contribution is 2.26. The third kappa shape index (κ3) is 11.2. The van der Waals surface area contributed by atoms with Crippen molar-refractivity contribution in [1.29, 1.82) is 0 Å². The molecular formula is C27H42N4O11S. The fourth-order valence-electron chi connectivity index (χ4n) is 3.88. The van der Waals surface area contributed by atoms with Gasteiger partial charge in [-0.25, -0.2) is 14.4 Å². The molecule has 1 fully saturated rings. The molecule has 2 rings (SSSR count). The van der Waals surface area contributed by atoms with Crippen molar-refractivity contribution < 1.29 is 52.4 Å². The van der Waals surface area contributed by atoms with Crippen molar-refractivity contribution in [3.8, 4) is 5.88 Å².